The quantitative estimate of drug-likeness (QED) is 0.779. The van der Waals surface area contributed by atoms with E-state index in [0.717, 1.165) is 5.56 Å². The van der Waals surface area contributed by atoms with Gasteiger partial charge in [-0.05, 0) is 57.5 Å². The van der Waals surface area contributed by atoms with Crippen molar-refractivity contribution in [3.63, 3.8) is 0 Å². The van der Waals surface area contributed by atoms with Crippen LogP contribution in [-0.4, -0.2) is 24.1 Å². The summed E-state index contributed by atoms with van der Waals surface area (Å²) in [7, 11) is 0. The molecule has 2 aromatic carbocycles. The van der Waals surface area contributed by atoms with E-state index in [1.54, 1.807) is 29.2 Å². The maximum absolute atomic E-state index is 12.6. The molecule has 1 atom stereocenters. The summed E-state index contributed by atoms with van der Waals surface area (Å²) in [6.07, 6.45) is 0. The number of halogens is 1. The molecular weight excluding hydrogens is 378 g/mol. The molecule has 1 heterocycles. The van der Waals surface area contributed by atoms with Crippen LogP contribution in [0.15, 0.2) is 42.5 Å². The van der Waals surface area contributed by atoms with E-state index >= 15 is 0 Å². The molecule has 0 radical (unpaired) electrons. The molecule has 3 amide bonds. The summed E-state index contributed by atoms with van der Waals surface area (Å²) in [5.41, 5.74) is 1.83. The molecule has 2 aromatic rings. The van der Waals surface area contributed by atoms with E-state index in [1.165, 1.54) is 0 Å². The largest absolute Gasteiger partial charge is 0.481 e. The Labute approximate surface area is 169 Å². The molecule has 1 aliphatic heterocycles. The maximum Gasteiger partial charge on any atom is 0.319 e. The number of fused-ring (bicyclic) bond motifs is 1. The predicted molar refractivity (Wildman–Crippen MR) is 111 cm³/mol. The van der Waals surface area contributed by atoms with Crippen LogP contribution < -0.4 is 20.3 Å². The lowest BCUT2D eigenvalue weighted by molar-refractivity contribution is -0.121. The smallest absolute Gasteiger partial charge is 0.319 e. The minimum absolute atomic E-state index is 0.0600. The Morgan fingerprint density at radius 2 is 1.96 bits per heavy atom. The van der Waals surface area contributed by atoms with Crippen molar-refractivity contribution in [3.05, 3.63) is 53.1 Å². The second-order valence-corrected chi connectivity index (χ2v) is 8.23. The van der Waals surface area contributed by atoms with Crippen molar-refractivity contribution in [2.75, 3.05) is 16.8 Å². The van der Waals surface area contributed by atoms with Gasteiger partial charge in [-0.3, -0.25) is 9.69 Å². The Hall–Kier alpha value is -2.73. The fraction of sp³-hybridized carbons (Fsp3) is 0.333. The average molecular weight is 402 g/mol. The lowest BCUT2D eigenvalue weighted by Gasteiger charge is -2.34. The number of nitrogens with one attached hydrogen (secondary N) is 2. The molecule has 3 rings (SSSR count). The van der Waals surface area contributed by atoms with E-state index in [1.807, 2.05) is 45.9 Å². The second kappa shape index (κ2) is 7.72. The number of carbonyl (C=O) groups excluding carboxylic acids is 2. The first-order valence-corrected chi connectivity index (χ1v) is 9.45. The maximum atomic E-state index is 12.6. The molecule has 148 valence electrons. The van der Waals surface area contributed by atoms with E-state index in [0.29, 0.717) is 22.1 Å². The van der Waals surface area contributed by atoms with Crippen LogP contribution in [0.25, 0.3) is 0 Å². The normalized spacial score (nSPS) is 14.8. The van der Waals surface area contributed by atoms with Crippen molar-refractivity contribution >= 4 is 34.9 Å². The summed E-state index contributed by atoms with van der Waals surface area (Å²) in [5, 5.41) is 6.25. The molecule has 0 unspecified atom stereocenters. The molecule has 0 aromatic heterocycles. The lowest BCUT2D eigenvalue weighted by Crippen LogP contribution is -2.43. The van der Waals surface area contributed by atoms with E-state index in [-0.39, 0.29) is 30.1 Å². The van der Waals surface area contributed by atoms with Gasteiger partial charge in [-0.1, -0.05) is 23.7 Å². The number of benzene rings is 2. The minimum atomic E-state index is -0.343. The highest BCUT2D eigenvalue weighted by Gasteiger charge is 2.30. The molecule has 0 spiro atoms. The number of hydrogen-bond donors (Lipinski definition) is 2. The van der Waals surface area contributed by atoms with Crippen LogP contribution in [0.1, 0.15) is 39.3 Å². The monoisotopic (exact) mass is 401 g/mol. The van der Waals surface area contributed by atoms with Gasteiger partial charge in [0, 0.05) is 22.3 Å². The van der Waals surface area contributed by atoms with Crippen molar-refractivity contribution in [2.24, 2.45) is 0 Å². The number of urea groups is 1. The molecule has 0 saturated heterocycles. The molecule has 0 aliphatic carbocycles. The van der Waals surface area contributed by atoms with Crippen LogP contribution in [0.4, 0.5) is 16.2 Å². The summed E-state index contributed by atoms with van der Waals surface area (Å²) < 4.78 is 5.61. The first kappa shape index (κ1) is 20.0. The van der Waals surface area contributed by atoms with Crippen molar-refractivity contribution < 1.29 is 14.3 Å². The zero-order valence-corrected chi connectivity index (χ0v) is 17.1. The summed E-state index contributed by atoms with van der Waals surface area (Å²) in [6, 6.07) is 12.2. The number of hydrogen-bond acceptors (Lipinski definition) is 3. The molecule has 0 saturated carbocycles. The predicted octanol–water partition coefficient (Wildman–Crippen LogP) is 4.75. The van der Waals surface area contributed by atoms with Crippen LogP contribution in [-0.2, 0) is 4.79 Å². The molecule has 7 heteroatoms. The SMILES string of the molecule is C[C@@H](c1cccc(Cl)c1)N1C(=O)COc2cc(NC(=O)NC(C)(C)C)ccc21. The Morgan fingerprint density at radius 3 is 2.64 bits per heavy atom. The summed E-state index contributed by atoms with van der Waals surface area (Å²) in [4.78, 5) is 26.4. The number of anilines is 2. The number of rotatable bonds is 3. The Balaban J connectivity index is 1.85. The van der Waals surface area contributed by atoms with E-state index in [2.05, 4.69) is 10.6 Å². The van der Waals surface area contributed by atoms with Gasteiger partial charge in [0.15, 0.2) is 6.61 Å². The molecule has 0 fully saturated rings. The van der Waals surface area contributed by atoms with Crippen molar-refractivity contribution in [1.29, 1.82) is 0 Å². The first-order valence-electron chi connectivity index (χ1n) is 9.07. The van der Waals surface area contributed by atoms with Crippen LogP contribution in [0.3, 0.4) is 0 Å². The van der Waals surface area contributed by atoms with Crippen LogP contribution in [0, 0.1) is 0 Å². The Kier molecular flexibility index (Phi) is 5.52. The summed E-state index contributed by atoms with van der Waals surface area (Å²) in [6.45, 7) is 7.60. The van der Waals surface area contributed by atoms with Crippen LogP contribution in [0.2, 0.25) is 5.02 Å². The molecule has 2 N–H and O–H groups in total. The number of amides is 3. The van der Waals surface area contributed by atoms with Gasteiger partial charge in [-0.25, -0.2) is 4.79 Å². The number of carbonyl (C=O) groups is 2. The zero-order valence-electron chi connectivity index (χ0n) is 16.4. The topological polar surface area (TPSA) is 70.7 Å². The van der Waals surface area contributed by atoms with Gasteiger partial charge in [0.1, 0.15) is 5.75 Å². The van der Waals surface area contributed by atoms with Gasteiger partial charge in [0.25, 0.3) is 5.91 Å². The fourth-order valence-corrected chi connectivity index (χ4v) is 3.29. The number of nitrogens with zero attached hydrogens (tertiary/aromatic N) is 1. The summed E-state index contributed by atoms with van der Waals surface area (Å²) >= 11 is 6.11. The first-order chi connectivity index (χ1) is 13.1. The minimum Gasteiger partial charge on any atom is -0.481 e. The van der Waals surface area contributed by atoms with Crippen LogP contribution in [0.5, 0.6) is 5.75 Å². The van der Waals surface area contributed by atoms with Crippen molar-refractivity contribution in [1.82, 2.24) is 5.32 Å². The highest BCUT2D eigenvalue weighted by molar-refractivity contribution is 6.30. The number of ether oxygens (including phenoxy) is 1. The third kappa shape index (κ3) is 4.57. The third-order valence-corrected chi connectivity index (χ3v) is 4.54. The average Bonchev–Trinajstić information content (AvgIpc) is 2.59. The molecular formula is C21H24ClN3O3. The van der Waals surface area contributed by atoms with Gasteiger partial charge >= 0.3 is 6.03 Å². The highest BCUT2D eigenvalue weighted by atomic mass is 35.5. The van der Waals surface area contributed by atoms with E-state index in [4.69, 9.17) is 16.3 Å². The van der Waals surface area contributed by atoms with E-state index in [9.17, 15) is 9.59 Å². The highest BCUT2D eigenvalue weighted by Crippen LogP contribution is 2.39. The molecule has 6 nitrogen and oxygen atoms in total. The van der Waals surface area contributed by atoms with Crippen molar-refractivity contribution in [2.45, 2.75) is 39.3 Å². The molecule has 28 heavy (non-hydrogen) atoms. The fourth-order valence-electron chi connectivity index (χ4n) is 3.09. The van der Waals surface area contributed by atoms with E-state index < -0.39 is 0 Å². The van der Waals surface area contributed by atoms with Gasteiger partial charge in [-0.15, -0.1) is 0 Å². The Morgan fingerprint density at radius 1 is 1.21 bits per heavy atom. The lowest BCUT2D eigenvalue weighted by atomic mass is 10.0. The Bertz CT molecular complexity index is 908. The van der Waals surface area contributed by atoms with Gasteiger partial charge in [-0.2, -0.15) is 0 Å². The van der Waals surface area contributed by atoms with Gasteiger partial charge in [0.2, 0.25) is 0 Å². The van der Waals surface area contributed by atoms with Crippen molar-refractivity contribution in [3.8, 4) is 5.75 Å². The second-order valence-electron chi connectivity index (χ2n) is 7.80. The third-order valence-electron chi connectivity index (χ3n) is 4.30. The van der Waals surface area contributed by atoms with Crippen LogP contribution >= 0.6 is 11.6 Å². The molecule has 0 bridgehead atoms. The zero-order chi connectivity index (χ0) is 20.5. The summed E-state index contributed by atoms with van der Waals surface area (Å²) in [5.74, 6) is 0.410. The van der Waals surface area contributed by atoms with Gasteiger partial charge in [0.05, 0.1) is 11.7 Å². The molecule has 1 aliphatic rings. The van der Waals surface area contributed by atoms with Gasteiger partial charge < -0.3 is 15.4 Å². The standard InChI is InChI=1S/C21H24ClN3O3/c1-13(14-6-5-7-15(22)10-14)25-17-9-8-16(11-18(17)28-12-19(25)26)23-20(27)24-21(2,3)4/h5-11,13H,12H2,1-4H3,(H2,23,24,27)/t13-/m0/s1.